The summed E-state index contributed by atoms with van der Waals surface area (Å²) < 4.78 is 9.78. The molecule has 0 aromatic heterocycles. The van der Waals surface area contributed by atoms with Gasteiger partial charge in [0, 0.05) is 6.92 Å². The molecule has 118 valence electrons. The molecule has 1 aliphatic rings. The third-order valence-electron chi connectivity index (χ3n) is 3.26. The van der Waals surface area contributed by atoms with Crippen molar-refractivity contribution in [2.75, 3.05) is 0 Å². The summed E-state index contributed by atoms with van der Waals surface area (Å²) in [5.74, 6) is -1.64. The van der Waals surface area contributed by atoms with E-state index in [2.05, 4.69) is 5.32 Å². The van der Waals surface area contributed by atoms with Gasteiger partial charge in [0.15, 0.2) is 0 Å². The van der Waals surface area contributed by atoms with E-state index < -0.39 is 29.9 Å². The van der Waals surface area contributed by atoms with Gasteiger partial charge in [0.1, 0.15) is 5.54 Å². The number of hydrogen-bond donors (Lipinski definition) is 2. The topological polar surface area (TPSA) is 102 Å². The first-order valence-electron chi connectivity index (χ1n) is 6.87. The summed E-state index contributed by atoms with van der Waals surface area (Å²) in [5.41, 5.74) is -0.447. The Morgan fingerprint density at radius 2 is 1.86 bits per heavy atom. The van der Waals surface area contributed by atoms with Crippen molar-refractivity contribution in [1.29, 1.82) is 0 Å². The minimum Gasteiger partial charge on any atom is -0.480 e. The van der Waals surface area contributed by atoms with Crippen LogP contribution in [0.5, 0.6) is 0 Å². The highest BCUT2D eigenvalue weighted by molar-refractivity contribution is 5.87. The Morgan fingerprint density at radius 3 is 2.41 bits per heavy atom. The van der Waals surface area contributed by atoms with Gasteiger partial charge >= 0.3 is 18.0 Å². The molecule has 0 radical (unpaired) electrons. The van der Waals surface area contributed by atoms with Crippen molar-refractivity contribution in [3.05, 3.63) is 35.9 Å². The van der Waals surface area contributed by atoms with E-state index in [9.17, 15) is 14.4 Å². The lowest BCUT2D eigenvalue weighted by atomic mass is 10.2. The van der Waals surface area contributed by atoms with Gasteiger partial charge in [0.25, 0.3) is 0 Å². The molecule has 7 heteroatoms. The van der Waals surface area contributed by atoms with Crippen LogP contribution in [0.4, 0.5) is 4.79 Å². The second-order valence-corrected chi connectivity index (χ2v) is 5.14. The Bertz CT molecular complexity index is 567. The summed E-state index contributed by atoms with van der Waals surface area (Å²) >= 11 is 0. The lowest BCUT2D eigenvalue weighted by molar-refractivity contribution is -0.164. The Hall–Kier alpha value is -2.57. The van der Waals surface area contributed by atoms with Gasteiger partial charge in [-0.15, -0.1) is 0 Å². The van der Waals surface area contributed by atoms with E-state index in [4.69, 9.17) is 14.6 Å². The van der Waals surface area contributed by atoms with Crippen LogP contribution in [0, 0.1) is 0 Å². The van der Waals surface area contributed by atoms with Crippen LogP contribution < -0.4 is 5.32 Å². The number of ether oxygens (including phenoxy) is 2. The van der Waals surface area contributed by atoms with Crippen molar-refractivity contribution in [3.63, 3.8) is 0 Å². The molecule has 2 N–H and O–H groups in total. The number of benzene rings is 1. The molecular weight excluding hydrogens is 290 g/mol. The van der Waals surface area contributed by atoms with Gasteiger partial charge in [0.05, 0.1) is 6.42 Å². The molecule has 0 spiro atoms. The van der Waals surface area contributed by atoms with E-state index >= 15 is 0 Å². The fourth-order valence-corrected chi connectivity index (χ4v) is 1.91. The number of carboxylic acid groups (broad SMARTS) is 1. The van der Waals surface area contributed by atoms with Crippen LogP contribution in [-0.4, -0.2) is 35.0 Å². The summed E-state index contributed by atoms with van der Waals surface area (Å²) in [6.45, 7) is 1.39. The molecule has 0 saturated heterocycles. The molecule has 1 aromatic rings. The van der Waals surface area contributed by atoms with E-state index in [0.717, 1.165) is 5.56 Å². The van der Waals surface area contributed by atoms with E-state index in [1.54, 1.807) is 24.3 Å². The highest BCUT2D eigenvalue weighted by atomic mass is 16.7. The first-order valence-corrected chi connectivity index (χ1v) is 6.87. The number of aliphatic carboxylic acids is 1. The zero-order valence-electron chi connectivity index (χ0n) is 12.1. The molecule has 1 aliphatic carbocycles. The first kappa shape index (κ1) is 15.8. The van der Waals surface area contributed by atoms with Crippen molar-refractivity contribution >= 4 is 18.0 Å². The smallest absolute Gasteiger partial charge is 0.411 e. The van der Waals surface area contributed by atoms with Crippen LogP contribution in [-0.2, 0) is 25.5 Å². The minimum atomic E-state index is -1.23. The Labute approximate surface area is 127 Å². The van der Waals surface area contributed by atoms with Crippen molar-refractivity contribution in [2.24, 2.45) is 0 Å². The third-order valence-corrected chi connectivity index (χ3v) is 3.26. The largest absolute Gasteiger partial charge is 0.480 e. The number of hydrogen-bond acceptors (Lipinski definition) is 5. The maximum atomic E-state index is 11.7. The van der Waals surface area contributed by atoms with E-state index in [-0.39, 0.29) is 6.42 Å². The molecule has 1 atom stereocenters. The lowest BCUT2D eigenvalue weighted by Crippen LogP contribution is -2.44. The Kier molecular flexibility index (Phi) is 4.65. The monoisotopic (exact) mass is 307 g/mol. The molecule has 1 fully saturated rings. The molecule has 0 aliphatic heterocycles. The van der Waals surface area contributed by atoms with E-state index in [1.807, 2.05) is 6.07 Å². The van der Waals surface area contributed by atoms with Crippen LogP contribution in [0.25, 0.3) is 0 Å². The predicted molar refractivity (Wildman–Crippen MR) is 74.9 cm³/mol. The first-order chi connectivity index (χ1) is 10.4. The number of esters is 1. The maximum absolute atomic E-state index is 11.7. The van der Waals surface area contributed by atoms with Gasteiger partial charge in [-0.3, -0.25) is 4.79 Å². The van der Waals surface area contributed by atoms with Crippen molar-refractivity contribution in [1.82, 2.24) is 5.32 Å². The Morgan fingerprint density at radius 1 is 1.23 bits per heavy atom. The summed E-state index contributed by atoms with van der Waals surface area (Å²) in [6.07, 6.45) is -1.23. The maximum Gasteiger partial charge on any atom is 0.411 e. The molecule has 1 aromatic carbocycles. The molecule has 7 nitrogen and oxygen atoms in total. The summed E-state index contributed by atoms with van der Waals surface area (Å²) in [5, 5.41) is 11.2. The quantitative estimate of drug-likeness (QED) is 0.609. The fourth-order valence-electron chi connectivity index (χ4n) is 1.91. The fraction of sp³-hybridized carbons (Fsp3) is 0.400. The zero-order valence-corrected chi connectivity index (χ0v) is 12.1. The number of nitrogens with one attached hydrogen (secondary N) is 1. The van der Waals surface area contributed by atoms with Crippen LogP contribution in [0.15, 0.2) is 30.3 Å². The zero-order chi connectivity index (χ0) is 16.2. The SMILES string of the molecule is CC(OC(=O)Cc1ccccc1)OC(=O)NC1(C(=O)O)CC1. The average molecular weight is 307 g/mol. The van der Waals surface area contributed by atoms with Crippen molar-refractivity contribution in [3.8, 4) is 0 Å². The van der Waals surface area contributed by atoms with Crippen LogP contribution in [0.3, 0.4) is 0 Å². The predicted octanol–water partition coefficient (Wildman–Crippen LogP) is 1.46. The summed E-state index contributed by atoms with van der Waals surface area (Å²) in [7, 11) is 0. The number of carbonyl (C=O) groups is 3. The Balaban J connectivity index is 1.75. The molecule has 22 heavy (non-hydrogen) atoms. The number of carboxylic acids is 1. The number of alkyl carbamates (subject to hydrolysis) is 1. The molecule has 2 rings (SSSR count). The third kappa shape index (κ3) is 4.21. The molecule has 1 saturated carbocycles. The van der Waals surface area contributed by atoms with Gasteiger partial charge in [-0.2, -0.15) is 0 Å². The highest BCUT2D eigenvalue weighted by Gasteiger charge is 2.52. The molecule has 1 amide bonds. The van der Waals surface area contributed by atoms with Gasteiger partial charge in [-0.1, -0.05) is 30.3 Å². The van der Waals surface area contributed by atoms with Crippen molar-refractivity contribution < 1.29 is 29.0 Å². The summed E-state index contributed by atoms with van der Waals surface area (Å²) in [6, 6.07) is 9.00. The van der Waals surface area contributed by atoms with Crippen LogP contribution in [0.1, 0.15) is 25.3 Å². The number of rotatable bonds is 6. The average Bonchev–Trinajstić information content (AvgIpc) is 3.20. The molecule has 0 heterocycles. The number of carbonyl (C=O) groups excluding carboxylic acids is 2. The van der Waals surface area contributed by atoms with Crippen molar-refractivity contribution in [2.45, 2.75) is 38.0 Å². The second-order valence-electron chi connectivity index (χ2n) is 5.14. The van der Waals surface area contributed by atoms with Gasteiger partial charge < -0.3 is 19.9 Å². The summed E-state index contributed by atoms with van der Waals surface area (Å²) in [4.78, 5) is 34.2. The molecule has 0 bridgehead atoms. The molecular formula is C15H17NO6. The second kappa shape index (κ2) is 6.46. The van der Waals surface area contributed by atoms with Crippen LogP contribution in [0.2, 0.25) is 0 Å². The molecule has 1 unspecified atom stereocenters. The number of amides is 1. The normalized spacial score (nSPS) is 16.2. The van der Waals surface area contributed by atoms with Gasteiger partial charge in [-0.25, -0.2) is 9.59 Å². The minimum absolute atomic E-state index is 0.0647. The highest BCUT2D eigenvalue weighted by Crippen LogP contribution is 2.35. The van der Waals surface area contributed by atoms with E-state index in [0.29, 0.717) is 12.8 Å². The van der Waals surface area contributed by atoms with Gasteiger partial charge in [-0.05, 0) is 18.4 Å². The van der Waals surface area contributed by atoms with E-state index in [1.165, 1.54) is 6.92 Å². The van der Waals surface area contributed by atoms with Gasteiger partial charge in [0.2, 0.25) is 6.29 Å². The van der Waals surface area contributed by atoms with Crippen LogP contribution >= 0.6 is 0 Å². The standard InChI is InChI=1S/C15H17NO6/c1-10(21-12(17)9-11-5-3-2-4-6-11)22-14(20)16-15(7-8-15)13(18)19/h2-6,10H,7-9H2,1H3,(H,16,20)(H,18,19). The lowest BCUT2D eigenvalue weighted by Gasteiger charge is -2.17.